The normalized spacial score (nSPS) is 12.8. The molecule has 10 heteroatoms. The quantitative estimate of drug-likeness (QED) is 0.267. The molecule has 9 nitrogen and oxygen atoms in total. The molecule has 6 N–H and O–H groups in total. The Morgan fingerprint density at radius 1 is 1.11 bits per heavy atom. The number of hydrogen-bond acceptors (Lipinski definition) is 6. The SMILES string of the molecule is CCNC(=O)c1c(-c2ccccn2)c(-c2ccc(F)cc2)c(CCC(O)CC(O)CC(=O)O[NH3+])n1C(C)C. The van der Waals surface area contributed by atoms with Gasteiger partial charge in [-0.1, -0.05) is 18.2 Å². The van der Waals surface area contributed by atoms with Crippen LogP contribution in [-0.2, 0) is 16.1 Å². The zero-order valence-corrected chi connectivity index (χ0v) is 22.0. The summed E-state index contributed by atoms with van der Waals surface area (Å²) in [5.74, 6) is 1.73. The number of aliphatic hydroxyl groups excluding tert-OH is 2. The Morgan fingerprint density at radius 3 is 2.39 bits per heavy atom. The van der Waals surface area contributed by atoms with Crippen molar-refractivity contribution >= 4 is 11.9 Å². The van der Waals surface area contributed by atoms with E-state index in [4.69, 9.17) is 0 Å². The molecule has 0 fully saturated rings. The Bertz CT molecular complexity index is 1230. The molecule has 0 aliphatic rings. The van der Waals surface area contributed by atoms with Crippen LogP contribution in [0.2, 0.25) is 0 Å². The Kier molecular flexibility index (Phi) is 10.1. The highest BCUT2D eigenvalue weighted by molar-refractivity contribution is 6.04. The van der Waals surface area contributed by atoms with Gasteiger partial charge in [-0.25, -0.2) is 9.18 Å². The van der Waals surface area contributed by atoms with E-state index < -0.39 is 18.2 Å². The Morgan fingerprint density at radius 2 is 1.82 bits per heavy atom. The van der Waals surface area contributed by atoms with Crippen LogP contribution in [0.1, 0.15) is 62.3 Å². The fourth-order valence-electron chi connectivity index (χ4n) is 4.68. The first-order chi connectivity index (χ1) is 18.2. The lowest BCUT2D eigenvalue weighted by molar-refractivity contribution is -0.657. The molecule has 0 saturated carbocycles. The molecule has 3 rings (SSSR count). The Hall–Kier alpha value is -3.60. The monoisotopic (exact) mass is 527 g/mol. The number of nitrogens with one attached hydrogen (secondary N) is 1. The van der Waals surface area contributed by atoms with Crippen molar-refractivity contribution < 1.29 is 34.9 Å². The molecule has 204 valence electrons. The molecule has 38 heavy (non-hydrogen) atoms. The van der Waals surface area contributed by atoms with Crippen LogP contribution in [0.4, 0.5) is 4.39 Å². The van der Waals surface area contributed by atoms with Gasteiger partial charge in [0, 0.05) is 35.6 Å². The summed E-state index contributed by atoms with van der Waals surface area (Å²) in [6.45, 7) is 6.20. The zero-order chi connectivity index (χ0) is 27.8. The van der Waals surface area contributed by atoms with Crippen LogP contribution in [0.25, 0.3) is 22.4 Å². The number of aromatic nitrogens is 2. The lowest BCUT2D eigenvalue weighted by Gasteiger charge is -2.20. The number of amides is 1. The maximum atomic E-state index is 13.9. The van der Waals surface area contributed by atoms with E-state index in [-0.39, 0.29) is 37.0 Å². The van der Waals surface area contributed by atoms with Gasteiger partial charge in [0.1, 0.15) is 11.5 Å². The van der Waals surface area contributed by atoms with E-state index in [2.05, 4.69) is 21.0 Å². The number of nitrogens with zero attached hydrogens (tertiary/aromatic N) is 2. The minimum Gasteiger partial charge on any atom is -0.393 e. The highest BCUT2D eigenvalue weighted by atomic mass is 19.1. The number of quaternary nitrogens is 1. The molecule has 2 heterocycles. The second-order valence-electron chi connectivity index (χ2n) is 9.39. The topological polar surface area (TPSA) is 141 Å². The van der Waals surface area contributed by atoms with E-state index in [0.29, 0.717) is 35.5 Å². The van der Waals surface area contributed by atoms with E-state index in [0.717, 1.165) is 11.3 Å². The number of rotatable bonds is 12. The molecule has 0 aliphatic carbocycles. The number of hydrogen-bond donors (Lipinski definition) is 4. The van der Waals surface area contributed by atoms with Crippen LogP contribution in [0.5, 0.6) is 0 Å². The lowest BCUT2D eigenvalue weighted by Crippen LogP contribution is -2.51. The molecular formula is C28H36FN4O5+. The van der Waals surface area contributed by atoms with Gasteiger partial charge >= 0.3 is 5.97 Å². The fourth-order valence-corrected chi connectivity index (χ4v) is 4.68. The van der Waals surface area contributed by atoms with Gasteiger partial charge in [0.2, 0.25) is 0 Å². The molecular weight excluding hydrogens is 491 g/mol. The molecule has 1 amide bonds. The van der Waals surface area contributed by atoms with Crippen LogP contribution in [0.3, 0.4) is 0 Å². The molecule has 0 spiro atoms. The standard InChI is InChI=1S/C28H35FN4O5/c1-4-31-28(37)27-26(22-7-5-6-14-32-22)25(18-8-10-19(29)11-9-18)23(33(27)17(2)3)13-12-20(34)15-21(35)16-24(36)38-30/h5-11,14,17,20-21,34-35H,4,12-13,15-16H2,1-3,30H3/p+1. The first-order valence-electron chi connectivity index (χ1n) is 12.7. The number of benzene rings is 1. The summed E-state index contributed by atoms with van der Waals surface area (Å²) in [4.78, 5) is 33.8. The minimum atomic E-state index is -1.08. The number of carbonyl (C=O) groups is 2. The molecule has 2 atom stereocenters. The zero-order valence-electron chi connectivity index (χ0n) is 22.0. The molecule has 2 unspecified atom stereocenters. The first-order valence-corrected chi connectivity index (χ1v) is 12.7. The average molecular weight is 528 g/mol. The minimum absolute atomic E-state index is 0.0281. The molecule has 0 bridgehead atoms. The van der Waals surface area contributed by atoms with Crippen molar-refractivity contribution in [2.75, 3.05) is 6.54 Å². The summed E-state index contributed by atoms with van der Waals surface area (Å²) in [5.41, 5.74) is 3.87. The van der Waals surface area contributed by atoms with Gasteiger partial charge in [0.25, 0.3) is 5.91 Å². The smallest absolute Gasteiger partial charge is 0.368 e. The number of halogens is 1. The Balaban J connectivity index is 2.16. The highest BCUT2D eigenvalue weighted by Crippen LogP contribution is 2.42. The van der Waals surface area contributed by atoms with Crippen molar-refractivity contribution in [3.05, 3.63) is 65.9 Å². The largest absolute Gasteiger partial charge is 0.393 e. The van der Waals surface area contributed by atoms with Crippen molar-refractivity contribution in [1.29, 1.82) is 0 Å². The summed E-state index contributed by atoms with van der Waals surface area (Å²) in [5, 5.41) is 23.8. The van der Waals surface area contributed by atoms with Crippen molar-refractivity contribution in [1.82, 2.24) is 14.9 Å². The van der Waals surface area contributed by atoms with Crippen LogP contribution in [0.15, 0.2) is 48.7 Å². The van der Waals surface area contributed by atoms with Gasteiger partial charge in [-0.15, -0.1) is 0 Å². The lowest BCUT2D eigenvalue weighted by atomic mass is 9.94. The molecule has 0 radical (unpaired) electrons. The molecule has 3 aromatic rings. The maximum absolute atomic E-state index is 13.9. The number of carbonyl (C=O) groups excluding carboxylic acids is 2. The van der Waals surface area contributed by atoms with Gasteiger partial charge in [-0.2, -0.15) is 5.90 Å². The molecule has 2 aromatic heterocycles. The van der Waals surface area contributed by atoms with E-state index in [9.17, 15) is 24.2 Å². The summed E-state index contributed by atoms with van der Waals surface area (Å²) >= 11 is 0. The third-order valence-electron chi connectivity index (χ3n) is 6.25. The summed E-state index contributed by atoms with van der Waals surface area (Å²) in [6.07, 6.45) is -0.0581. The van der Waals surface area contributed by atoms with Crippen LogP contribution in [-0.4, -0.2) is 50.4 Å². The van der Waals surface area contributed by atoms with Gasteiger partial charge in [0.05, 0.1) is 24.3 Å². The van der Waals surface area contributed by atoms with Gasteiger partial charge in [-0.3, -0.25) is 14.6 Å². The van der Waals surface area contributed by atoms with Crippen LogP contribution >= 0.6 is 0 Å². The summed E-state index contributed by atoms with van der Waals surface area (Å²) < 4.78 is 15.8. The van der Waals surface area contributed by atoms with Crippen LogP contribution in [0, 0.1) is 5.82 Å². The van der Waals surface area contributed by atoms with Crippen molar-refractivity contribution in [3.63, 3.8) is 0 Å². The van der Waals surface area contributed by atoms with Crippen molar-refractivity contribution in [2.45, 2.75) is 64.7 Å². The predicted molar refractivity (Wildman–Crippen MR) is 140 cm³/mol. The fraction of sp³-hybridized carbons (Fsp3) is 0.393. The Labute approximate surface area is 221 Å². The third kappa shape index (κ3) is 6.83. The van der Waals surface area contributed by atoms with E-state index in [1.54, 1.807) is 24.4 Å². The average Bonchev–Trinajstić information content (AvgIpc) is 3.24. The third-order valence-corrected chi connectivity index (χ3v) is 6.25. The maximum Gasteiger partial charge on any atom is 0.368 e. The second kappa shape index (κ2) is 13.3. The van der Waals surface area contributed by atoms with Crippen molar-refractivity contribution in [3.8, 4) is 22.4 Å². The summed E-state index contributed by atoms with van der Waals surface area (Å²) in [6, 6.07) is 11.4. The predicted octanol–water partition coefficient (Wildman–Crippen LogP) is 2.82. The molecule has 0 aliphatic heterocycles. The highest BCUT2D eigenvalue weighted by Gasteiger charge is 2.31. The van der Waals surface area contributed by atoms with E-state index in [1.165, 1.54) is 12.1 Å². The second-order valence-corrected chi connectivity index (χ2v) is 9.39. The molecule has 1 aromatic carbocycles. The number of pyridine rings is 1. The van der Waals surface area contributed by atoms with Crippen molar-refractivity contribution in [2.24, 2.45) is 0 Å². The van der Waals surface area contributed by atoms with Gasteiger partial charge in [-0.05, 0) is 69.9 Å². The molecule has 0 saturated heterocycles. The van der Waals surface area contributed by atoms with Crippen LogP contribution < -0.4 is 11.2 Å². The first kappa shape index (κ1) is 29.0. The van der Waals surface area contributed by atoms with E-state index >= 15 is 0 Å². The van der Waals surface area contributed by atoms with E-state index in [1.807, 2.05) is 37.5 Å². The van der Waals surface area contributed by atoms with Gasteiger partial charge in [0.15, 0.2) is 0 Å². The summed E-state index contributed by atoms with van der Waals surface area (Å²) in [7, 11) is 0. The van der Waals surface area contributed by atoms with Gasteiger partial charge < -0.3 is 20.1 Å². The number of aliphatic hydroxyl groups is 2.